The van der Waals surface area contributed by atoms with E-state index in [9.17, 15) is 0 Å². The predicted molar refractivity (Wildman–Crippen MR) is 119 cm³/mol. The molecule has 0 unspecified atom stereocenters. The van der Waals surface area contributed by atoms with Gasteiger partial charge in [0.05, 0.1) is 0 Å². The van der Waals surface area contributed by atoms with Gasteiger partial charge in [-0.15, -0.1) is 0 Å². The number of rotatable bonds is 0. The maximum Gasteiger partial charge on any atom is -0.0163 e. The third-order valence-corrected chi connectivity index (χ3v) is 4.03. The van der Waals surface area contributed by atoms with Gasteiger partial charge in [-0.3, -0.25) is 0 Å². The maximum absolute atomic E-state index is 2.28. The van der Waals surface area contributed by atoms with Gasteiger partial charge in [-0.2, -0.15) is 0 Å². The van der Waals surface area contributed by atoms with Crippen LogP contribution in [0.15, 0.2) is 97.2 Å². The van der Waals surface area contributed by atoms with Crippen LogP contribution in [-0.4, -0.2) is 0 Å². The summed E-state index contributed by atoms with van der Waals surface area (Å²) in [5, 5.41) is 0. The minimum Gasteiger partial charge on any atom is -0.0882 e. The Morgan fingerprint density at radius 1 is 0.269 bits per heavy atom. The van der Waals surface area contributed by atoms with Gasteiger partial charge in [-0.25, -0.2) is 0 Å². The summed E-state index contributed by atoms with van der Waals surface area (Å²) >= 11 is 0. The van der Waals surface area contributed by atoms with Gasteiger partial charge < -0.3 is 0 Å². The smallest absolute Gasteiger partial charge is 0.0163 e. The second kappa shape index (κ2) is 19.2. The molecular formula is C26H36. The van der Waals surface area contributed by atoms with Crippen molar-refractivity contribution in [3.63, 3.8) is 0 Å². The Hall–Kier alpha value is -2.08. The Balaban J connectivity index is 0.000000260. The van der Waals surface area contributed by atoms with Crippen LogP contribution in [0, 0.1) is 0 Å². The van der Waals surface area contributed by atoms with Crippen molar-refractivity contribution >= 4 is 0 Å². The van der Waals surface area contributed by atoms with Crippen LogP contribution in [0.4, 0.5) is 0 Å². The van der Waals surface area contributed by atoms with Crippen LogP contribution in [0.2, 0.25) is 0 Å². The average molecular weight is 349 g/mol. The highest BCUT2D eigenvalue weighted by atomic mass is 13.9. The van der Waals surface area contributed by atoms with Crippen molar-refractivity contribution in [3.05, 3.63) is 97.2 Å². The Morgan fingerprint density at radius 2 is 0.615 bits per heavy atom. The summed E-state index contributed by atoms with van der Waals surface area (Å²) in [6.07, 6.45) is 47.0. The van der Waals surface area contributed by atoms with Crippen molar-refractivity contribution in [2.24, 2.45) is 0 Å². The van der Waals surface area contributed by atoms with Gasteiger partial charge in [0.2, 0.25) is 0 Å². The zero-order valence-corrected chi connectivity index (χ0v) is 16.3. The van der Waals surface area contributed by atoms with Crippen molar-refractivity contribution in [2.45, 2.75) is 64.2 Å². The highest BCUT2D eigenvalue weighted by molar-refractivity contribution is 5.09. The van der Waals surface area contributed by atoms with E-state index in [1.807, 2.05) is 0 Å². The number of hydrogen-bond donors (Lipinski definition) is 0. The molecule has 2 rings (SSSR count). The first kappa shape index (κ1) is 22.0. The van der Waals surface area contributed by atoms with Crippen LogP contribution in [-0.2, 0) is 0 Å². The normalized spacial score (nSPS) is 19.1. The summed E-state index contributed by atoms with van der Waals surface area (Å²) in [7, 11) is 0. The predicted octanol–water partition coefficient (Wildman–Crippen LogP) is 8.35. The molecule has 26 heavy (non-hydrogen) atoms. The lowest BCUT2D eigenvalue weighted by atomic mass is 10.2. The van der Waals surface area contributed by atoms with Crippen molar-refractivity contribution in [2.75, 3.05) is 0 Å². The molecule has 0 nitrogen and oxygen atoms in total. The molecule has 0 radical (unpaired) electrons. The van der Waals surface area contributed by atoms with Gasteiger partial charge in [0.1, 0.15) is 0 Å². The van der Waals surface area contributed by atoms with E-state index in [2.05, 4.69) is 97.2 Å². The zero-order chi connectivity index (χ0) is 18.4. The van der Waals surface area contributed by atoms with Gasteiger partial charge in [0.25, 0.3) is 0 Å². The molecule has 0 heteroatoms. The van der Waals surface area contributed by atoms with Crippen molar-refractivity contribution in [1.29, 1.82) is 0 Å². The molecule has 2 aliphatic carbocycles. The topological polar surface area (TPSA) is 0 Å². The second-order valence-electron chi connectivity index (χ2n) is 6.43. The largest absolute Gasteiger partial charge is 0.0882 e. The molecule has 0 saturated heterocycles. The molecule has 0 aliphatic heterocycles. The van der Waals surface area contributed by atoms with Gasteiger partial charge in [-0.1, -0.05) is 97.2 Å². The van der Waals surface area contributed by atoms with Gasteiger partial charge in [0, 0.05) is 0 Å². The fraction of sp³-hybridized carbons (Fsp3) is 0.385. The highest BCUT2D eigenvalue weighted by Crippen LogP contribution is 2.03. The Kier molecular flexibility index (Phi) is 16.3. The standard InChI is InChI=1S/2C13H18/c2*1-2-4-6-8-10-12-13-11-9-7-5-3-1/h1-4,7,9,12-13H,5-6,8,10-11H2;1-4,7,9,11,13H,5-6,8,10,12H2. The van der Waals surface area contributed by atoms with E-state index >= 15 is 0 Å². The third kappa shape index (κ3) is 16.8. The fourth-order valence-electron chi connectivity index (χ4n) is 2.52. The van der Waals surface area contributed by atoms with Crippen molar-refractivity contribution < 1.29 is 0 Å². The molecule has 0 aromatic heterocycles. The van der Waals surface area contributed by atoms with Gasteiger partial charge >= 0.3 is 0 Å². The second-order valence-corrected chi connectivity index (χ2v) is 6.43. The minimum absolute atomic E-state index is 1.04. The first-order valence-electron chi connectivity index (χ1n) is 10.2. The fourth-order valence-corrected chi connectivity index (χ4v) is 2.52. The van der Waals surface area contributed by atoms with Crippen molar-refractivity contribution in [1.82, 2.24) is 0 Å². The first-order valence-corrected chi connectivity index (χ1v) is 10.2. The van der Waals surface area contributed by atoms with E-state index in [1.165, 1.54) is 44.9 Å². The highest BCUT2D eigenvalue weighted by Gasteiger charge is 1.83. The van der Waals surface area contributed by atoms with Crippen LogP contribution >= 0.6 is 0 Å². The molecule has 140 valence electrons. The zero-order valence-electron chi connectivity index (χ0n) is 16.3. The maximum atomic E-state index is 2.28. The van der Waals surface area contributed by atoms with Gasteiger partial charge in [-0.05, 0) is 64.2 Å². The summed E-state index contributed by atoms with van der Waals surface area (Å²) in [5.74, 6) is 0. The SMILES string of the molecule is C1=CCC=CC=CCCCCC=C1.C1=CCC=CCC=CCCCC=C1. The Labute approximate surface area is 161 Å². The quantitative estimate of drug-likeness (QED) is 0.386. The average Bonchev–Trinajstić information content (AvgIpc) is 2.71. The molecule has 0 amide bonds. The lowest BCUT2D eigenvalue weighted by molar-refractivity contribution is 0.762. The lowest BCUT2D eigenvalue weighted by Gasteiger charge is -1.91. The van der Waals surface area contributed by atoms with Crippen LogP contribution in [0.3, 0.4) is 0 Å². The molecule has 2 aliphatic rings. The Morgan fingerprint density at radius 3 is 1.19 bits per heavy atom. The van der Waals surface area contributed by atoms with Crippen LogP contribution in [0.5, 0.6) is 0 Å². The molecule has 0 atom stereocenters. The monoisotopic (exact) mass is 348 g/mol. The summed E-state index contributed by atoms with van der Waals surface area (Å²) in [5.41, 5.74) is 0. The minimum atomic E-state index is 1.04. The molecule has 0 aromatic rings. The summed E-state index contributed by atoms with van der Waals surface area (Å²) in [6.45, 7) is 0. The van der Waals surface area contributed by atoms with E-state index in [-0.39, 0.29) is 0 Å². The van der Waals surface area contributed by atoms with Gasteiger partial charge in [0.15, 0.2) is 0 Å². The summed E-state index contributed by atoms with van der Waals surface area (Å²) < 4.78 is 0. The molecular weight excluding hydrogens is 312 g/mol. The molecule has 0 N–H and O–H groups in total. The molecule has 0 bridgehead atoms. The Bertz CT molecular complexity index is 508. The van der Waals surface area contributed by atoms with E-state index in [1.54, 1.807) is 0 Å². The van der Waals surface area contributed by atoms with Crippen molar-refractivity contribution in [3.8, 4) is 0 Å². The van der Waals surface area contributed by atoms with E-state index in [0.29, 0.717) is 0 Å². The number of allylic oxidation sites excluding steroid dienone is 16. The molecule has 0 aromatic carbocycles. The summed E-state index contributed by atoms with van der Waals surface area (Å²) in [6, 6.07) is 0. The molecule has 0 saturated carbocycles. The first-order chi connectivity index (χ1) is 13.0. The van der Waals surface area contributed by atoms with Crippen LogP contribution in [0.25, 0.3) is 0 Å². The molecule has 0 spiro atoms. The number of hydrogen-bond acceptors (Lipinski definition) is 0. The van der Waals surface area contributed by atoms with E-state index in [4.69, 9.17) is 0 Å². The molecule has 0 heterocycles. The molecule has 0 fully saturated rings. The van der Waals surface area contributed by atoms with Crippen LogP contribution < -0.4 is 0 Å². The van der Waals surface area contributed by atoms with E-state index < -0.39 is 0 Å². The lowest BCUT2D eigenvalue weighted by Crippen LogP contribution is -1.71. The summed E-state index contributed by atoms with van der Waals surface area (Å²) in [4.78, 5) is 0. The third-order valence-electron chi connectivity index (χ3n) is 4.03. The van der Waals surface area contributed by atoms with E-state index in [0.717, 1.165) is 19.3 Å². The van der Waals surface area contributed by atoms with Crippen LogP contribution in [0.1, 0.15) is 64.2 Å².